The molecule has 0 aromatic carbocycles. The van der Waals surface area contributed by atoms with Crippen LogP contribution >= 0.6 is 0 Å². The van der Waals surface area contributed by atoms with Crippen LogP contribution in [0.4, 0.5) is 0 Å². The summed E-state index contributed by atoms with van der Waals surface area (Å²) in [7, 11) is 0. The molecule has 8 nitrogen and oxygen atoms in total. The summed E-state index contributed by atoms with van der Waals surface area (Å²) in [5, 5.41) is 3.84. The fraction of sp³-hybridized carbons (Fsp3) is 0.688. The Bertz CT molecular complexity index is 582. The monoisotopic (exact) mass is 336 g/mol. The Kier molecular flexibility index (Phi) is 5.15. The number of amides is 2. The zero-order valence-corrected chi connectivity index (χ0v) is 14.3. The molecule has 2 amide bonds. The molecule has 24 heavy (non-hydrogen) atoms. The minimum atomic E-state index is -0.0634. The van der Waals surface area contributed by atoms with E-state index in [0.717, 1.165) is 13.1 Å². The average Bonchev–Trinajstić information content (AvgIpc) is 2.94. The Labute approximate surface area is 141 Å². The molecule has 0 atom stereocenters. The van der Waals surface area contributed by atoms with E-state index >= 15 is 0 Å². The fourth-order valence-corrected chi connectivity index (χ4v) is 3.16. The number of piperazine rings is 1. The first-order valence-corrected chi connectivity index (χ1v) is 8.36. The van der Waals surface area contributed by atoms with Crippen LogP contribution in [0.25, 0.3) is 0 Å². The van der Waals surface area contributed by atoms with Crippen molar-refractivity contribution in [1.29, 1.82) is 0 Å². The van der Waals surface area contributed by atoms with Gasteiger partial charge in [-0.15, -0.1) is 0 Å². The summed E-state index contributed by atoms with van der Waals surface area (Å²) in [5.74, 6) is 0.608. The lowest BCUT2D eigenvalue weighted by atomic mass is 10.1. The highest BCUT2D eigenvalue weighted by Crippen LogP contribution is 2.16. The summed E-state index contributed by atoms with van der Waals surface area (Å²) in [6.45, 7) is 9.14. The van der Waals surface area contributed by atoms with E-state index in [-0.39, 0.29) is 11.8 Å². The van der Waals surface area contributed by atoms with Gasteiger partial charge >= 0.3 is 0 Å². The summed E-state index contributed by atoms with van der Waals surface area (Å²) >= 11 is 0. The van der Waals surface area contributed by atoms with Gasteiger partial charge in [-0.2, -0.15) is 0 Å². The molecule has 0 saturated carbocycles. The van der Waals surface area contributed by atoms with Gasteiger partial charge in [0.1, 0.15) is 11.3 Å². The number of hydrogen-bond acceptors (Lipinski definition) is 6. The van der Waals surface area contributed by atoms with Crippen LogP contribution in [0.3, 0.4) is 0 Å². The lowest BCUT2D eigenvalue weighted by Crippen LogP contribution is -2.53. The third-order valence-corrected chi connectivity index (χ3v) is 4.63. The van der Waals surface area contributed by atoms with Crippen LogP contribution < -0.4 is 0 Å². The van der Waals surface area contributed by atoms with Gasteiger partial charge in [0.2, 0.25) is 5.91 Å². The van der Waals surface area contributed by atoms with E-state index in [1.54, 1.807) is 18.7 Å². The molecule has 2 saturated heterocycles. The molecule has 2 fully saturated rings. The van der Waals surface area contributed by atoms with Gasteiger partial charge in [-0.05, 0) is 13.8 Å². The van der Waals surface area contributed by atoms with Gasteiger partial charge in [-0.3, -0.25) is 14.5 Å². The lowest BCUT2D eigenvalue weighted by molar-refractivity contribution is -0.134. The normalized spacial score (nSPS) is 19.6. The number of hydrogen-bond donors (Lipinski definition) is 0. The summed E-state index contributed by atoms with van der Waals surface area (Å²) in [5.41, 5.74) is 1.16. The first kappa shape index (κ1) is 16.9. The zero-order chi connectivity index (χ0) is 17.1. The van der Waals surface area contributed by atoms with Gasteiger partial charge in [-0.1, -0.05) is 5.16 Å². The lowest BCUT2D eigenvalue weighted by Gasteiger charge is -2.36. The first-order valence-electron chi connectivity index (χ1n) is 8.36. The second kappa shape index (κ2) is 7.31. The quantitative estimate of drug-likeness (QED) is 0.767. The number of aromatic nitrogens is 1. The Morgan fingerprint density at radius 1 is 1.00 bits per heavy atom. The summed E-state index contributed by atoms with van der Waals surface area (Å²) < 4.78 is 10.4. The number of morpholine rings is 1. The number of nitrogens with zero attached hydrogens (tertiary/aromatic N) is 4. The molecule has 0 N–H and O–H groups in total. The van der Waals surface area contributed by atoms with Crippen LogP contribution in [0.1, 0.15) is 21.8 Å². The SMILES string of the molecule is Cc1noc(C)c1C(=O)N1CCN(C(=O)CN2CCOCC2)CC1. The van der Waals surface area contributed by atoms with Crippen LogP contribution in [0.2, 0.25) is 0 Å². The van der Waals surface area contributed by atoms with Crippen LogP contribution in [0.15, 0.2) is 4.52 Å². The highest BCUT2D eigenvalue weighted by atomic mass is 16.5. The molecular formula is C16H24N4O4. The second-order valence-corrected chi connectivity index (χ2v) is 6.26. The van der Waals surface area contributed by atoms with Crippen molar-refractivity contribution >= 4 is 11.8 Å². The van der Waals surface area contributed by atoms with E-state index in [0.29, 0.717) is 63.0 Å². The van der Waals surface area contributed by atoms with Crippen molar-refractivity contribution in [1.82, 2.24) is 19.9 Å². The third-order valence-electron chi connectivity index (χ3n) is 4.63. The van der Waals surface area contributed by atoms with Crippen molar-refractivity contribution in [3.63, 3.8) is 0 Å². The molecule has 0 spiro atoms. The molecule has 2 aliphatic rings. The van der Waals surface area contributed by atoms with E-state index in [1.165, 1.54) is 0 Å². The van der Waals surface area contributed by atoms with Crippen molar-refractivity contribution in [2.45, 2.75) is 13.8 Å². The summed E-state index contributed by atoms with van der Waals surface area (Å²) in [6, 6.07) is 0. The maximum atomic E-state index is 12.6. The number of carbonyl (C=O) groups is 2. The largest absolute Gasteiger partial charge is 0.379 e. The van der Waals surface area contributed by atoms with Crippen LogP contribution in [0.5, 0.6) is 0 Å². The number of aryl methyl sites for hydroxylation is 2. The number of rotatable bonds is 3. The molecule has 1 aromatic rings. The average molecular weight is 336 g/mol. The first-order chi connectivity index (χ1) is 11.6. The maximum Gasteiger partial charge on any atom is 0.259 e. The topological polar surface area (TPSA) is 79.1 Å². The second-order valence-electron chi connectivity index (χ2n) is 6.26. The minimum absolute atomic E-state index is 0.0634. The van der Waals surface area contributed by atoms with E-state index in [2.05, 4.69) is 10.1 Å². The van der Waals surface area contributed by atoms with Crippen molar-refractivity contribution in [3.05, 3.63) is 17.0 Å². The Balaban J connectivity index is 1.52. The Morgan fingerprint density at radius 2 is 1.62 bits per heavy atom. The Morgan fingerprint density at radius 3 is 2.21 bits per heavy atom. The van der Waals surface area contributed by atoms with Gasteiger partial charge in [0.05, 0.1) is 25.5 Å². The van der Waals surface area contributed by atoms with Crippen molar-refractivity contribution in [2.24, 2.45) is 0 Å². The van der Waals surface area contributed by atoms with Crippen LogP contribution in [0, 0.1) is 13.8 Å². The smallest absolute Gasteiger partial charge is 0.259 e. The van der Waals surface area contributed by atoms with E-state index in [9.17, 15) is 9.59 Å². The fourth-order valence-electron chi connectivity index (χ4n) is 3.16. The van der Waals surface area contributed by atoms with Gasteiger partial charge in [0, 0.05) is 39.3 Å². The predicted octanol–water partition coefficient (Wildman–Crippen LogP) is -0.0920. The molecule has 3 rings (SSSR count). The summed E-state index contributed by atoms with van der Waals surface area (Å²) in [4.78, 5) is 30.7. The van der Waals surface area contributed by atoms with Crippen LogP contribution in [-0.4, -0.2) is 90.7 Å². The van der Waals surface area contributed by atoms with E-state index in [4.69, 9.17) is 9.26 Å². The molecule has 0 radical (unpaired) electrons. The van der Waals surface area contributed by atoms with Gasteiger partial charge in [0.25, 0.3) is 5.91 Å². The molecule has 0 aliphatic carbocycles. The molecule has 8 heteroatoms. The minimum Gasteiger partial charge on any atom is -0.379 e. The van der Waals surface area contributed by atoms with Crippen molar-refractivity contribution in [2.75, 3.05) is 59.0 Å². The van der Waals surface area contributed by atoms with Crippen molar-refractivity contribution < 1.29 is 18.8 Å². The maximum absolute atomic E-state index is 12.6. The van der Waals surface area contributed by atoms with Gasteiger partial charge in [-0.25, -0.2) is 0 Å². The molecule has 132 valence electrons. The zero-order valence-electron chi connectivity index (χ0n) is 14.3. The van der Waals surface area contributed by atoms with Gasteiger partial charge < -0.3 is 19.1 Å². The molecular weight excluding hydrogens is 312 g/mol. The predicted molar refractivity (Wildman–Crippen MR) is 85.7 cm³/mol. The number of carbonyl (C=O) groups excluding carboxylic acids is 2. The number of ether oxygens (including phenoxy) is 1. The molecule has 2 aliphatic heterocycles. The molecule has 0 bridgehead atoms. The van der Waals surface area contributed by atoms with Crippen LogP contribution in [-0.2, 0) is 9.53 Å². The van der Waals surface area contributed by atoms with E-state index in [1.807, 2.05) is 4.90 Å². The highest BCUT2D eigenvalue weighted by molar-refractivity contribution is 5.96. The highest BCUT2D eigenvalue weighted by Gasteiger charge is 2.28. The molecule has 3 heterocycles. The van der Waals surface area contributed by atoms with Gasteiger partial charge in [0.15, 0.2) is 0 Å². The van der Waals surface area contributed by atoms with Crippen molar-refractivity contribution in [3.8, 4) is 0 Å². The summed E-state index contributed by atoms with van der Waals surface area (Å²) in [6.07, 6.45) is 0. The molecule has 0 unspecified atom stereocenters. The molecule has 1 aromatic heterocycles. The Hall–Kier alpha value is -1.93. The van der Waals surface area contributed by atoms with E-state index < -0.39 is 0 Å². The third kappa shape index (κ3) is 3.59. The standard InChI is InChI=1S/C16H24N4O4/c1-12-15(13(2)24-17-12)16(22)20-5-3-19(4-6-20)14(21)11-18-7-9-23-10-8-18/h3-11H2,1-2H3.